The third-order valence-electron chi connectivity index (χ3n) is 9.17. The smallest absolute Gasteiger partial charge is 0.247 e. The van der Waals surface area contributed by atoms with Gasteiger partial charge in [0.05, 0.1) is 11.0 Å². The van der Waals surface area contributed by atoms with Gasteiger partial charge in [-0.05, 0) is 69.1 Å². The van der Waals surface area contributed by atoms with Gasteiger partial charge in [0.15, 0.2) is 5.82 Å². The SMILES string of the molecule is c1ccc(-c2nc3oc4cc(-c5ccc6ccccc6c5)ccc4c3nc2-n2c3ccccc3c3cc4ccccc4cc32)cc1. The number of hydrogen-bond acceptors (Lipinski definition) is 3. The molecular weight excluding hydrogens is 562 g/mol. The molecule has 46 heavy (non-hydrogen) atoms. The molecule has 0 atom stereocenters. The zero-order chi connectivity index (χ0) is 30.2. The van der Waals surface area contributed by atoms with Crippen LogP contribution in [0.4, 0.5) is 0 Å². The van der Waals surface area contributed by atoms with Crippen molar-refractivity contribution in [3.8, 4) is 28.2 Å². The van der Waals surface area contributed by atoms with Crippen LogP contribution in [0.3, 0.4) is 0 Å². The second-order valence-corrected chi connectivity index (χ2v) is 11.9. The number of benzene rings is 7. The summed E-state index contributed by atoms with van der Waals surface area (Å²) in [5.41, 5.74) is 8.22. The van der Waals surface area contributed by atoms with Crippen LogP contribution >= 0.6 is 0 Å². The summed E-state index contributed by atoms with van der Waals surface area (Å²) in [5.74, 6) is 0.779. The standard InChI is InChI=1S/C42H25N3O/c1-2-11-27(12-3-1)39-41(45-36-17-9-8-16-33(36)35-23-29-14-6-7-15-30(29)24-37(35)45)43-40-34-21-20-32(25-38(34)46-42(40)44-39)31-19-18-26-10-4-5-13-28(26)22-31/h1-25H. The van der Waals surface area contributed by atoms with Gasteiger partial charge in [0.2, 0.25) is 5.71 Å². The molecule has 10 rings (SSSR count). The molecule has 0 bridgehead atoms. The number of furan rings is 1. The van der Waals surface area contributed by atoms with Gasteiger partial charge < -0.3 is 4.42 Å². The minimum Gasteiger partial charge on any atom is -0.436 e. The van der Waals surface area contributed by atoms with Crippen LogP contribution in [0.25, 0.3) is 93.8 Å². The van der Waals surface area contributed by atoms with Crippen LogP contribution in [0.1, 0.15) is 0 Å². The highest BCUT2D eigenvalue weighted by atomic mass is 16.3. The van der Waals surface area contributed by atoms with E-state index in [0.29, 0.717) is 5.71 Å². The summed E-state index contributed by atoms with van der Waals surface area (Å²) in [6.45, 7) is 0. The highest BCUT2D eigenvalue weighted by Gasteiger charge is 2.22. The van der Waals surface area contributed by atoms with E-state index in [-0.39, 0.29) is 0 Å². The third-order valence-corrected chi connectivity index (χ3v) is 9.17. The van der Waals surface area contributed by atoms with E-state index in [0.717, 1.165) is 55.7 Å². The maximum atomic E-state index is 6.49. The fraction of sp³-hybridized carbons (Fsp3) is 0. The Labute approximate surface area is 263 Å². The number of hydrogen-bond donors (Lipinski definition) is 0. The lowest BCUT2D eigenvalue weighted by Crippen LogP contribution is -2.03. The van der Waals surface area contributed by atoms with Gasteiger partial charge in [-0.1, -0.05) is 115 Å². The first-order valence-corrected chi connectivity index (χ1v) is 15.5. The summed E-state index contributed by atoms with van der Waals surface area (Å²) in [6.07, 6.45) is 0. The molecule has 3 aromatic heterocycles. The average molecular weight is 588 g/mol. The monoisotopic (exact) mass is 587 g/mol. The van der Waals surface area contributed by atoms with Crippen molar-refractivity contribution in [3.05, 3.63) is 152 Å². The van der Waals surface area contributed by atoms with E-state index < -0.39 is 0 Å². The summed E-state index contributed by atoms with van der Waals surface area (Å²) in [6, 6.07) is 53.3. The van der Waals surface area contributed by atoms with E-state index in [9.17, 15) is 0 Å². The molecule has 7 aromatic carbocycles. The largest absolute Gasteiger partial charge is 0.436 e. The van der Waals surface area contributed by atoms with E-state index in [1.807, 2.05) is 18.2 Å². The van der Waals surface area contributed by atoms with Crippen molar-refractivity contribution in [2.75, 3.05) is 0 Å². The van der Waals surface area contributed by atoms with Crippen LogP contribution in [0.2, 0.25) is 0 Å². The molecule has 4 nitrogen and oxygen atoms in total. The predicted octanol–water partition coefficient (Wildman–Crippen LogP) is 11.1. The predicted molar refractivity (Wildman–Crippen MR) is 190 cm³/mol. The van der Waals surface area contributed by atoms with Crippen molar-refractivity contribution in [1.29, 1.82) is 0 Å². The normalized spacial score (nSPS) is 11.9. The Kier molecular flexibility index (Phi) is 5.25. The summed E-state index contributed by atoms with van der Waals surface area (Å²) in [5, 5.41) is 8.15. The summed E-state index contributed by atoms with van der Waals surface area (Å²) in [4.78, 5) is 10.6. The first-order valence-electron chi connectivity index (χ1n) is 15.5. The van der Waals surface area contributed by atoms with Crippen LogP contribution in [0.15, 0.2) is 156 Å². The van der Waals surface area contributed by atoms with Gasteiger partial charge in [-0.25, -0.2) is 9.97 Å². The van der Waals surface area contributed by atoms with Crippen LogP contribution in [0.5, 0.6) is 0 Å². The first-order chi connectivity index (χ1) is 22.8. The zero-order valence-corrected chi connectivity index (χ0v) is 24.7. The van der Waals surface area contributed by atoms with Crippen LogP contribution < -0.4 is 0 Å². The topological polar surface area (TPSA) is 43.9 Å². The molecule has 0 amide bonds. The number of fused-ring (bicyclic) bond motifs is 8. The minimum absolute atomic E-state index is 0.527. The second-order valence-electron chi connectivity index (χ2n) is 11.9. The maximum Gasteiger partial charge on any atom is 0.247 e. The fourth-order valence-electron chi connectivity index (χ4n) is 6.94. The molecule has 4 heteroatoms. The van der Waals surface area contributed by atoms with Crippen molar-refractivity contribution in [3.63, 3.8) is 0 Å². The lowest BCUT2D eigenvalue weighted by atomic mass is 10.0. The Morgan fingerprint density at radius 3 is 1.96 bits per heavy atom. The Morgan fingerprint density at radius 1 is 0.435 bits per heavy atom. The van der Waals surface area contributed by atoms with Crippen LogP contribution in [0, 0.1) is 0 Å². The summed E-state index contributed by atoms with van der Waals surface area (Å²) in [7, 11) is 0. The molecule has 0 aliphatic heterocycles. The van der Waals surface area contributed by atoms with Crippen molar-refractivity contribution < 1.29 is 4.42 Å². The van der Waals surface area contributed by atoms with Gasteiger partial charge >= 0.3 is 0 Å². The second kappa shape index (κ2) is 9.62. The quantitative estimate of drug-likeness (QED) is 0.207. The molecule has 0 N–H and O–H groups in total. The first kappa shape index (κ1) is 25.1. The molecular formula is C42H25N3O. The molecule has 3 heterocycles. The van der Waals surface area contributed by atoms with Crippen molar-refractivity contribution in [1.82, 2.24) is 14.5 Å². The third kappa shape index (κ3) is 3.74. The molecule has 0 unspecified atom stereocenters. The van der Waals surface area contributed by atoms with Crippen LogP contribution in [-0.4, -0.2) is 14.5 Å². The van der Waals surface area contributed by atoms with E-state index in [1.165, 1.54) is 32.3 Å². The van der Waals surface area contributed by atoms with Crippen molar-refractivity contribution in [2.24, 2.45) is 0 Å². The van der Waals surface area contributed by atoms with Crippen LogP contribution in [-0.2, 0) is 0 Å². The van der Waals surface area contributed by atoms with Gasteiger partial charge in [-0.3, -0.25) is 4.57 Å². The highest BCUT2D eigenvalue weighted by molar-refractivity contribution is 6.14. The Bertz CT molecular complexity index is 2810. The molecule has 0 aliphatic carbocycles. The van der Waals surface area contributed by atoms with Gasteiger partial charge in [-0.15, -0.1) is 0 Å². The molecule has 0 spiro atoms. The zero-order valence-electron chi connectivity index (χ0n) is 24.7. The number of rotatable bonds is 3. The Morgan fingerprint density at radius 2 is 1.11 bits per heavy atom. The van der Waals surface area contributed by atoms with Gasteiger partial charge in [0.1, 0.15) is 16.8 Å². The molecule has 0 saturated carbocycles. The van der Waals surface area contributed by atoms with E-state index in [4.69, 9.17) is 14.4 Å². The lowest BCUT2D eigenvalue weighted by molar-refractivity contribution is 0.653. The number of nitrogens with zero attached hydrogens (tertiary/aromatic N) is 3. The molecule has 0 radical (unpaired) electrons. The molecule has 10 aromatic rings. The molecule has 0 fully saturated rings. The molecule has 0 saturated heterocycles. The van der Waals surface area contributed by atoms with Gasteiger partial charge in [0.25, 0.3) is 0 Å². The van der Waals surface area contributed by atoms with Gasteiger partial charge in [0, 0.05) is 21.7 Å². The van der Waals surface area contributed by atoms with Crippen molar-refractivity contribution >= 4 is 65.6 Å². The summed E-state index contributed by atoms with van der Waals surface area (Å²) >= 11 is 0. The Hall–Kier alpha value is -6.26. The maximum absolute atomic E-state index is 6.49. The number of para-hydroxylation sites is 1. The van der Waals surface area contributed by atoms with Gasteiger partial charge in [-0.2, -0.15) is 0 Å². The fourth-order valence-corrected chi connectivity index (χ4v) is 6.94. The minimum atomic E-state index is 0.527. The van der Waals surface area contributed by atoms with E-state index in [2.05, 4.69) is 138 Å². The van der Waals surface area contributed by atoms with E-state index in [1.54, 1.807) is 0 Å². The molecule has 0 aliphatic rings. The Balaban J connectivity index is 1.26. The van der Waals surface area contributed by atoms with E-state index >= 15 is 0 Å². The highest BCUT2D eigenvalue weighted by Crippen LogP contribution is 2.39. The summed E-state index contributed by atoms with van der Waals surface area (Å²) < 4.78 is 8.76. The van der Waals surface area contributed by atoms with Crippen molar-refractivity contribution in [2.45, 2.75) is 0 Å². The lowest BCUT2D eigenvalue weighted by Gasteiger charge is -2.12. The molecule has 214 valence electrons. The number of aromatic nitrogens is 3. The average Bonchev–Trinajstić information content (AvgIpc) is 3.64.